The van der Waals surface area contributed by atoms with Crippen molar-refractivity contribution in [2.24, 2.45) is 17.4 Å². The van der Waals surface area contributed by atoms with Crippen molar-refractivity contribution in [1.82, 2.24) is 10.1 Å². The van der Waals surface area contributed by atoms with Gasteiger partial charge in [0.25, 0.3) is 5.91 Å². The standard InChI is InChI=1S/C39H51N5O7/c1-23(2)32(40)36(45)39(42,22-26-13-9-8-10-14-26)37(46)34-28-16-18-30(33(41)35(28)51-43-34)50-20-12-11-19-49-29-17-15-27(21-31(29)48-7)38(47)44(24(3)4)25(5)6/h8-10,13-18,21,23-25,32H,11-12,19-20,22,40-42H2,1-7H3. The molecule has 12 nitrogen and oxygen atoms in total. The first-order valence-corrected chi connectivity index (χ1v) is 17.3. The van der Waals surface area contributed by atoms with E-state index in [2.05, 4.69) is 5.16 Å². The lowest BCUT2D eigenvalue weighted by molar-refractivity contribution is -0.124. The Morgan fingerprint density at radius 2 is 1.47 bits per heavy atom. The third-order valence-corrected chi connectivity index (χ3v) is 8.86. The number of aromatic nitrogens is 1. The summed E-state index contributed by atoms with van der Waals surface area (Å²) in [7, 11) is 1.54. The highest BCUT2D eigenvalue weighted by molar-refractivity contribution is 6.23. The lowest BCUT2D eigenvalue weighted by Gasteiger charge is -2.31. The molecule has 0 radical (unpaired) electrons. The number of nitrogens with two attached hydrogens (primary N) is 3. The molecule has 1 heterocycles. The molecule has 4 rings (SSSR count). The SMILES string of the molecule is COc1cc(C(=O)N(C(C)C)C(C)C)ccc1OCCCCOc1ccc2c(C(=O)C(N)(Cc3ccccc3)C(=O)C(N)C(C)C)noc2c1N. The Labute approximate surface area is 299 Å². The molecule has 0 aliphatic heterocycles. The van der Waals surface area contributed by atoms with Gasteiger partial charge in [-0.15, -0.1) is 0 Å². The Kier molecular flexibility index (Phi) is 12.8. The Balaban J connectivity index is 1.39. The average Bonchev–Trinajstić information content (AvgIpc) is 3.54. The Hall–Kier alpha value is -4.94. The van der Waals surface area contributed by atoms with Crippen LogP contribution in [0.15, 0.2) is 65.2 Å². The number of carbonyl (C=O) groups is 3. The van der Waals surface area contributed by atoms with Crippen molar-refractivity contribution in [3.8, 4) is 17.2 Å². The van der Waals surface area contributed by atoms with E-state index in [4.69, 9.17) is 35.9 Å². The van der Waals surface area contributed by atoms with Gasteiger partial charge < -0.3 is 40.8 Å². The summed E-state index contributed by atoms with van der Waals surface area (Å²) in [5.41, 5.74) is 18.8. The van der Waals surface area contributed by atoms with Crippen molar-refractivity contribution >= 4 is 34.1 Å². The molecule has 0 fully saturated rings. The fourth-order valence-corrected chi connectivity index (χ4v) is 6.01. The number of fused-ring (bicyclic) bond motifs is 1. The first-order valence-electron chi connectivity index (χ1n) is 17.3. The van der Waals surface area contributed by atoms with Gasteiger partial charge in [0.05, 0.1) is 31.8 Å². The molecule has 0 aliphatic carbocycles. The van der Waals surface area contributed by atoms with Crippen molar-refractivity contribution in [2.45, 2.75) is 84.5 Å². The van der Waals surface area contributed by atoms with E-state index < -0.39 is 23.1 Å². The molecule has 1 amide bonds. The second-order valence-corrected chi connectivity index (χ2v) is 13.7. The molecule has 0 spiro atoms. The van der Waals surface area contributed by atoms with Crippen LogP contribution in [-0.2, 0) is 11.2 Å². The number of ketones is 2. The smallest absolute Gasteiger partial charge is 0.254 e. The Morgan fingerprint density at radius 3 is 2.06 bits per heavy atom. The molecule has 6 N–H and O–H groups in total. The van der Waals surface area contributed by atoms with Gasteiger partial charge in [-0.05, 0) is 82.3 Å². The van der Waals surface area contributed by atoms with Crippen molar-refractivity contribution < 1.29 is 33.1 Å². The van der Waals surface area contributed by atoms with Crippen LogP contribution >= 0.6 is 0 Å². The van der Waals surface area contributed by atoms with E-state index in [0.29, 0.717) is 59.8 Å². The quantitative estimate of drug-likeness (QED) is 0.0508. The van der Waals surface area contributed by atoms with E-state index in [-0.39, 0.29) is 47.3 Å². The van der Waals surface area contributed by atoms with Crippen LogP contribution in [0.3, 0.4) is 0 Å². The van der Waals surface area contributed by atoms with E-state index in [0.717, 1.165) is 0 Å². The summed E-state index contributed by atoms with van der Waals surface area (Å²) in [5.74, 6) is -0.205. The van der Waals surface area contributed by atoms with Crippen LogP contribution in [-0.4, -0.2) is 71.5 Å². The van der Waals surface area contributed by atoms with Gasteiger partial charge in [0.15, 0.2) is 28.6 Å². The van der Waals surface area contributed by atoms with Gasteiger partial charge in [0.2, 0.25) is 5.78 Å². The van der Waals surface area contributed by atoms with Crippen LogP contribution in [0.4, 0.5) is 5.69 Å². The molecule has 4 aromatic rings. The maximum Gasteiger partial charge on any atom is 0.254 e. The van der Waals surface area contributed by atoms with Gasteiger partial charge in [-0.25, -0.2) is 0 Å². The molecule has 0 aliphatic rings. The number of nitrogen functional groups attached to an aromatic ring is 1. The monoisotopic (exact) mass is 701 g/mol. The van der Waals surface area contributed by atoms with Crippen molar-refractivity contribution in [1.29, 1.82) is 0 Å². The first-order chi connectivity index (χ1) is 24.2. The summed E-state index contributed by atoms with van der Waals surface area (Å²) in [6.07, 6.45) is 1.24. The maximum absolute atomic E-state index is 14.0. The van der Waals surface area contributed by atoms with Crippen molar-refractivity contribution in [2.75, 3.05) is 26.1 Å². The number of benzene rings is 3. The van der Waals surface area contributed by atoms with E-state index in [9.17, 15) is 14.4 Å². The zero-order valence-corrected chi connectivity index (χ0v) is 30.6. The third-order valence-electron chi connectivity index (χ3n) is 8.86. The molecule has 0 saturated heterocycles. The number of Topliss-reactive ketones (excluding diaryl/α,β-unsaturated/α-hetero) is 2. The summed E-state index contributed by atoms with van der Waals surface area (Å²) in [6, 6.07) is 16.7. The maximum atomic E-state index is 14.0. The van der Waals surface area contributed by atoms with Crippen LogP contribution in [0.2, 0.25) is 0 Å². The zero-order valence-electron chi connectivity index (χ0n) is 30.6. The number of amides is 1. The fourth-order valence-electron chi connectivity index (χ4n) is 6.01. The van der Waals surface area contributed by atoms with Gasteiger partial charge in [-0.1, -0.05) is 49.3 Å². The lowest BCUT2D eigenvalue weighted by Crippen LogP contribution is -2.62. The van der Waals surface area contributed by atoms with Gasteiger partial charge in [0.1, 0.15) is 17.0 Å². The van der Waals surface area contributed by atoms with Crippen LogP contribution in [0.1, 0.15) is 80.8 Å². The van der Waals surface area contributed by atoms with E-state index in [1.165, 1.54) is 0 Å². The molecule has 0 bridgehead atoms. The van der Waals surface area contributed by atoms with Crippen molar-refractivity contribution in [3.05, 3.63) is 77.5 Å². The van der Waals surface area contributed by atoms with Gasteiger partial charge >= 0.3 is 0 Å². The number of carbonyl (C=O) groups excluding carboxylic acids is 3. The van der Waals surface area contributed by atoms with Gasteiger partial charge in [0, 0.05) is 24.1 Å². The largest absolute Gasteiger partial charge is 0.493 e. The molecule has 274 valence electrons. The number of unbranched alkanes of at least 4 members (excludes halogenated alkanes) is 1. The van der Waals surface area contributed by atoms with E-state index in [1.807, 2.05) is 50.8 Å². The Bertz CT molecular complexity index is 1810. The minimum atomic E-state index is -1.98. The summed E-state index contributed by atoms with van der Waals surface area (Å²) in [4.78, 5) is 42.6. The number of hydrogen-bond acceptors (Lipinski definition) is 11. The summed E-state index contributed by atoms with van der Waals surface area (Å²) in [6.45, 7) is 12.3. The highest BCUT2D eigenvalue weighted by Gasteiger charge is 2.47. The van der Waals surface area contributed by atoms with Crippen LogP contribution in [0, 0.1) is 5.92 Å². The number of methoxy groups -OCH3 is 1. The number of rotatable bonds is 18. The minimum absolute atomic E-state index is 0.0595. The number of hydrogen-bond donors (Lipinski definition) is 3. The molecule has 3 aromatic carbocycles. The predicted molar refractivity (Wildman–Crippen MR) is 197 cm³/mol. The highest BCUT2D eigenvalue weighted by Crippen LogP contribution is 2.35. The minimum Gasteiger partial charge on any atom is -0.493 e. The molecular weight excluding hydrogens is 650 g/mol. The van der Waals surface area contributed by atoms with Gasteiger partial charge in [-0.3, -0.25) is 14.4 Å². The molecule has 2 unspecified atom stereocenters. The van der Waals surface area contributed by atoms with E-state index in [1.54, 1.807) is 63.4 Å². The van der Waals surface area contributed by atoms with Gasteiger partial charge in [-0.2, -0.15) is 0 Å². The second-order valence-electron chi connectivity index (χ2n) is 13.7. The predicted octanol–water partition coefficient (Wildman–Crippen LogP) is 5.59. The fraction of sp³-hybridized carbons (Fsp3) is 0.436. The zero-order chi connectivity index (χ0) is 37.5. The lowest BCUT2D eigenvalue weighted by atomic mass is 9.77. The summed E-state index contributed by atoms with van der Waals surface area (Å²) < 4.78 is 22.9. The molecule has 0 saturated carbocycles. The van der Waals surface area contributed by atoms with Crippen LogP contribution in [0.5, 0.6) is 17.2 Å². The average molecular weight is 702 g/mol. The molecule has 1 aromatic heterocycles. The molecule has 2 atom stereocenters. The first kappa shape index (κ1) is 38.9. The second kappa shape index (κ2) is 16.8. The van der Waals surface area contributed by atoms with Crippen LogP contribution < -0.4 is 31.4 Å². The molecule has 12 heteroatoms. The summed E-state index contributed by atoms with van der Waals surface area (Å²) >= 11 is 0. The topological polar surface area (TPSA) is 186 Å². The molecular formula is C39H51N5O7. The third kappa shape index (κ3) is 8.69. The Morgan fingerprint density at radius 1 is 0.863 bits per heavy atom. The van der Waals surface area contributed by atoms with Crippen LogP contribution in [0.25, 0.3) is 11.0 Å². The summed E-state index contributed by atoms with van der Waals surface area (Å²) in [5, 5.41) is 4.33. The highest BCUT2D eigenvalue weighted by atomic mass is 16.5. The number of ether oxygens (including phenoxy) is 3. The number of anilines is 1. The van der Waals surface area contributed by atoms with Crippen molar-refractivity contribution in [3.63, 3.8) is 0 Å². The van der Waals surface area contributed by atoms with E-state index >= 15 is 0 Å². The number of nitrogens with zero attached hydrogens (tertiary/aromatic N) is 2. The normalized spacial score (nSPS) is 13.3. The molecule has 51 heavy (non-hydrogen) atoms.